The van der Waals surface area contributed by atoms with Crippen molar-refractivity contribution in [3.63, 3.8) is 0 Å². The number of fused-ring (bicyclic) bond motifs is 1. The Bertz CT molecular complexity index is 797. The molecule has 4 heterocycles. The van der Waals surface area contributed by atoms with Gasteiger partial charge in [0.15, 0.2) is 5.82 Å². The maximum atomic E-state index is 5.12. The van der Waals surface area contributed by atoms with E-state index in [0.29, 0.717) is 17.4 Å². The van der Waals surface area contributed by atoms with Gasteiger partial charge in [0.2, 0.25) is 5.95 Å². The highest BCUT2D eigenvalue weighted by molar-refractivity contribution is 5.54. The van der Waals surface area contributed by atoms with Crippen LogP contribution in [-0.4, -0.2) is 59.6 Å². The number of hydrogen-bond acceptors (Lipinski definition) is 7. The van der Waals surface area contributed by atoms with Crippen LogP contribution in [0.2, 0.25) is 0 Å². The Balaban J connectivity index is 1.22. The van der Waals surface area contributed by atoms with Gasteiger partial charge in [0.05, 0.1) is 6.61 Å². The summed E-state index contributed by atoms with van der Waals surface area (Å²) in [4.78, 5) is 11.6. The Morgan fingerprint density at radius 1 is 1.33 bits per heavy atom. The summed E-state index contributed by atoms with van der Waals surface area (Å²) < 4.78 is 5.12. The second-order valence-corrected chi connectivity index (χ2v) is 8.21. The normalized spacial score (nSPS) is 26.3. The van der Waals surface area contributed by atoms with Crippen LogP contribution in [0.1, 0.15) is 37.3 Å². The number of H-pyrrole nitrogens is 1. The lowest BCUT2D eigenvalue weighted by atomic mass is 9.70. The highest BCUT2D eigenvalue weighted by Crippen LogP contribution is 2.52. The fraction of sp³-hybridized carbons (Fsp3) is 0.632. The first kappa shape index (κ1) is 16.9. The number of methoxy groups -OCH3 is 1. The molecule has 0 aromatic carbocycles. The van der Waals surface area contributed by atoms with Crippen LogP contribution in [0.25, 0.3) is 0 Å². The highest BCUT2D eigenvalue weighted by Gasteiger charge is 2.55. The minimum absolute atomic E-state index is 0.368. The van der Waals surface area contributed by atoms with Gasteiger partial charge in [-0.1, -0.05) is 0 Å². The summed E-state index contributed by atoms with van der Waals surface area (Å²) in [6.45, 7) is 3.73. The van der Waals surface area contributed by atoms with E-state index in [9.17, 15) is 0 Å². The molecule has 0 amide bonds. The third-order valence-electron chi connectivity index (χ3n) is 6.04. The van der Waals surface area contributed by atoms with Crippen molar-refractivity contribution >= 4 is 17.6 Å². The second-order valence-electron chi connectivity index (χ2n) is 8.21. The molecule has 4 fully saturated rings. The monoisotopic (exact) mass is 369 g/mol. The Morgan fingerprint density at radius 2 is 2.22 bits per heavy atom. The molecule has 2 saturated carbocycles. The first-order valence-corrected chi connectivity index (χ1v) is 9.86. The lowest BCUT2D eigenvalue weighted by molar-refractivity contribution is 0.168. The summed E-state index contributed by atoms with van der Waals surface area (Å²) in [5.74, 6) is 3.11. The molecule has 3 N–H and O–H groups in total. The third kappa shape index (κ3) is 3.39. The minimum Gasteiger partial charge on any atom is -0.383 e. The Kier molecular flexibility index (Phi) is 4.24. The zero-order chi connectivity index (χ0) is 18.3. The molecule has 2 bridgehead atoms. The lowest BCUT2D eigenvalue weighted by Gasteiger charge is -2.37. The number of ether oxygens (including phenoxy) is 1. The SMILES string of the molecule is COCCNCC12CC(C1)N(c1nccc(Nc3cc(C4CC4)[nH]n3)n1)C2. The minimum atomic E-state index is 0.368. The van der Waals surface area contributed by atoms with E-state index in [-0.39, 0.29) is 0 Å². The van der Waals surface area contributed by atoms with Crippen LogP contribution in [0.15, 0.2) is 18.3 Å². The molecule has 6 rings (SSSR count). The van der Waals surface area contributed by atoms with Crippen molar-refractivity contribution in [2.45, 2.75) is 37.6 Å². The molecule has 0 unspecified atom stereocenters. The topological polar surface area (TPSA) is 91.0 Å². The fourth-order valence-electron chi connectivity index (χ4n) is 4.43. The van der Waals surface area contributed by atoms with Gasteiger partial charge in [-0.05, 0) is 31.7 Å². The summed E-state index contributed by atoms with van der Waals surface area (Å²) in [6.07, 6.45) is 6.80. The Hall–Kier alpha value is -2.19. The van der Waals surface area contributed by atoms with Crippen molar-refractivity contribution in [2.75, 3.05) is 43.6 Å². The molecule has 2 aromatic rings. The van der Waals surface area contributed by atoms with Gasteiger partial charge in [0.25, 0.3) is 0 Å². The molecule has 2 saturated heterocycles. The summed E-state index contributed by atoms with van der Waals surface area (Å²) in [5.41, 5.74) is 1.59. The van der Waals surface area contributed by atoms with Crippen molar-refractivity contribution in [1.29, 1.82) is 0 Å². The van der Waals surface area contributed by atoms with Crippen LogP contribution < -0.4 is 15.5 Å². The van der Waals surface area contributed by atoms with Gasteiger partial charge in [0, 0.05) is 62.1 Å². The molecule has 4 aliphatic rings. The lowest BCUT2D eigenvalue weighted by Crippen LogP contribution is -2.43. The van der Waals surface area contributed by atoms with Gasteiger partial charge >= 0.3 is 0 Å². The summed E-state index contributed by atoms with van der Waals surface area (Å²) in [5, 5.41) is 14.3. The third-order valence-corrected chi connectivity index (χ3v) is 6.04. The van der Waals surface area contributed by atoms with Crippen molar-refractivity contribution in [3.05, 3.63) is 24.0 Å². The van der Waals surface area contributed by atoms with Crippen LogP contribution in [-0.2, 0) is 4.74 Å². The van der Waals surface area contributed by atoms with E-state index < -0.39 is 0 Å². The molecule has 2 aliphatic carbocycles. The van der Waals surface area contributed by atoms with Crippen molar-refractivity contribution in [2.24, 2.45) is 5.41 Å². The molecule has 0 radical (unpaired) electrons. The maximum absolute atomic E-state index is 5.12. The van der Waals surface area contributed by atoms with Gasteiger partial charge in [-0.3, -0.25) is 5.10 Å². The van der Waals surface area contributed by atoms with Crippen LogP contribution >= 0.6 is 0 Å². The first-order chi connectivity index (χ1) is 13.2. The van der Waals surface area contributed by atoms with Crippen molar-refractivity contribution in [1.82, 2.24) is 25.5 Å². The summed E-state index contributed by atoms with van der Waals surface area (Å²) in [6, 6.07) is 4.56. The predicted octanol–water partition coefficient (Wildman–Crippen LogP) is 2.03. The van der Waals surface area contributed by atoms with E-state index in [2.05, 4.69) is 36.8 Å². The van der Waals surface area contributed by atoms with E-state index >= 15 is 0 Å². The quantitative estimate of drug-likeness (QED) is 0.583. The Labute approximate surface area is 159 Å². The molecule has 2 aromatic heterocycles. The molecular formula is C19H27N7O. The van der Waals surface area contributed by atoms with Crippen LogP contribution in [0.5, 0.6) is 0 Å². The zero-order valence-corrected chi connectivity index (χ0v) is 15.7. The number of hydrogen-bond donors (Lipinski definition) is 3. The Morgan fingerprint density at radius 3 is 3.04 bits per heavy atom. The molecule has 27 heavy (non-hydrogen) atoms. The van der Waals surface area contributed by atoms with Crippen LogP contribution in [0, 0.1) is 5.41 Å². The fourth-order valence-corrected chi connectivity index (χ4v) is 4.43. The van der Waals surface area contributed by atoms with Gasteiger partial charge in [-0.25, -0.2) is 4.98 Å². The summed E-state index contributed by atoms with van der Waals surface area (Å²) >= 11 is 0. The van der Waals surface area contributed by atoms with E-state index in [1.807, 2.05) is 12.3 Å². The number of aromatic nitrogens is 4. The van der Waals surface area contributed by atoms with Gasteiger partial charge in [0.1, 0.15) is 5.82 Å². The first-order valence-electron chi connectivity index (χ1n) is 9.86. The molecule has 8 nitrogen and oxygen atoms in total. The number of aromatic amines is 1. The van der Waals surface area contributed by atoms with Gasteiger partial charge in [-0.15, -0.1) is 0 Å². The highest BCUT2D eigenvalue weighted by atomic mass is 16.5. The van der Waals surface area contributed by atoms with Gasteiger partial charge < -0.3 is 20.3 Å². The van der Waals surface area contributed by atoms with E-state index in [4.69, 9.17) is 9.72 Å². The maximum Gasteiger partial charge on any atom is 0.227 e. The number of anilines is 3. The smallest absolute Gasteiger partial charge is 0.227 e. The zero-order valence-electron chi connectivity index (χ0n) is 15.7. The molecule has 2 aliphatic heterocycles. The molecule has 0 atom stereocenters. The number of rotatable bonds is 9. The molecular weight excluding hydrogens is 342 g/mol. The van der Waals surface area contributed by atoms with Gasteiger partial charge in [-0.2, -0.15) is 10.1 Å². The average molecular weight is 369 g/mol. The predicted molar refractivity (Wildman–Crippen MR) is 103 cm³/mol. The second kappa shape index (κ2) is 6.76. The van der Waals surface area contributed by atoms with Crippen LogP contribution in [0.3, 0.4) is 0 Å². The largest absolute Gasteiger partial charge is 0.383 e. The van der Waals surface area contributed by atoms with E-state index in [1.54, 1.807) is 7.11 Å². The van der Waals surface area contributed by atoms with Crippen molar-refractivity contribution < 1.29 is 4.74 Å². The van der Waals surface area contributed by atoms with Crippen LogP contribution in [0.4, 0.5) is 17.6 Å². The molecule has 0 spiro atoms. The standard InChI is InChI=1S/C19H27N7O/c1-27-7-6-20-11-19-9-14(10-19)26(12-19)18-21-5-4-16(23-18)22-17-8-15(24-25-17)13-2-3-13/h4-5,8,13-14,20H,2-3,6-7,9-12H2,1H3,(H2,21,22,23,24,25). The molecule has 8 heteroatoms. The average Bonchev–Trinajstić information content (AvgIpc) is 3.13. The number of nitrogens with zero attached hydrogens (tertiary/aromatic N) is 4. The van der Waals surface area contributed by atoms with Crippen molar-refractivity contribution in [3.8, 4) is 0 Å². The van der Waals surface area contributed by atoms with E-state index in [0.717, 1.165) is 43.8 Å². The van der Waals surface area contributed by atoms with E-state index in [1.165, 1.54) is 31.4 Å². The molecule has 144 valence electrons. The summed E-state index contributed by atoms with van der Waals surface area (Å²) in [7, 11) is 1.74. The number of nitrogens with one attached hydrogen (secondary N) is 3.